The smallest absolute Gasteiger partial charge is 0.387 e. The van der Waals surface area contributed by atoms with Crippen LogP contribution in [0.25, 0.3) is 11.3 Å². The van der Waals surface area contributed by atoms with E-state index in [2.05, 4.69) is 38.1 Å². The molecule has 1 amide bonds. The fourth-order valence-electron chi connectivity index (χ4n) is 3.78. The number of aromatic nitrogens is 4. The van der Waals surface area contributed by atoms with E-state index < -0.39 is 6.61 Å². The Hall–Kier alpha value is -3.27. The van der Waals surface area contributed by atoms with Crippen LogP contribution in [0.2, 0.25) is 0 Å². The van der Waals surface area contributed by atoms with Gasteiger partial charge in [-0.3, -0.25) is 19.5 Å². The number of aryl methyl sites for hydroxylation is 2. The predicted molar refractivity (Wildman–Crippen MR) is 114 cm³/mol. The van der Waals surface area contributed by atoms with Gasteiger partial charge in [-0.2, -0.15) is 19.0 Å². The van der Waals surface area contributed by atoms with Gasteiger partial charge in [0.1, 0.15) is 11.4 Å². The van der Waals surface area contributed by atoms with Crippen LogP contribution in [0, 0.1) is 6.92 Å². The van der Waals surface area contributed by atoms with E-state index in [1.807, 2.05) is 16.5 Å². The van der Waals surface area contributed by atoms with Gasteiger partial charge in [0.15, 0.2) is 0 Å². The first kappa shape index (κ1) is 21.9. The van der Waals surface area contributed by atoms with Gasteiger partial charge in [-0.1, -0.05) is 0 Å². The Balaban J connectivity index is 1.33. The summed E-state index contributed by atoms with van der Waals surface area (Å²) in [6, 6.07) is 7.83. The fraction of sp³-hybridized carbons (Fsp3) is 0.409. The number of ether oxygens (including phenoxy) is 1. The average molecular weight is 444 g/mol. The number of halogens is 2. The Morgan fingerprint density at radius 1 is 1.19 bits per heavy atom. The van der Waals surface area contributed by atoms with Gasteiger partial charge in [0, 0.05) is 56.6 Å². The van der Waals surface area contributed by atoms with Crippen molar-refractivity contribution in [1.82, 2.24) is 29.8 Å². The van der Waals surface area contributed by atoms with Gasteiger partial charge in [-0.25, -0.2) is 0 Å². The van der Waals surface area contributed by atoms with Crippen molar-refractivity contribution in [3.05, 3.63) is 53.5 Å². The molecule has 1 N–H and O–H groups in total. The second-order valence-corrected chi connectivity index (χ2v) is 7.73. The lowest BCUT2D eigenvalue weighted by molar-refractivity contribution is -0.0498. The van der Waals surface area contributed by atoms with Gasteiger partial charge in [0.2, 0.25) is 0 Å². The summed E-state index contributed by atoms with van der Waals surface area (Å²) in [6.07, 6.45) is 2.09. The molecule has 1 aliphatic heterocycles. The molecule has 0 bridgehead atoms. The first-order valence-corrected chi connectivity index (χ1v) is 10.6. The summed E-state index contributed by atoms with van der Waals surface area (Å²) in [5, 5.41) is 11.5. The van der Waals surface area contributed by atoms with Crippen molar-refractivity contribution in [2.24, 2.45) is 0 Å². The normalized spacial score (nSPS) is 14.8. The van der Waals surface area contributed by atoms with Crippen LogP contribution in [0.15, 0.2) is 36.5 Å². The predicted octanol–water partition coefficient (Wildman–Crippen LogP) is 3.16. The number of nitrogens with zero attached hydrogens (tertiary/aromatic N) is 5. The molecule has 10 heteroatoms. The molecule has 1 aromatic carbocycles. The minimum Gasteiger partial charge on any atom is -0.435 e. The van der Waals surface area contributed by atoms with E-state index in [1.54, 1.807) is 18.2 Å². The maximum absolute atomic E-state index is 12.9. The molecule has 170 valence electrons. The maximum Gasteiger partial charge on any atom is 0.387 e. The van der Waals surface area contributed by atoms with Crippen LogP contribution >= 0.6 is 0 Å². The van der Waals surface area contributed by atoms with Gasteiger partial charge in [-0.15, -0.1) is 0 Å². The number of rotatable bonds is 7. The van der Waals surface area contributed by atoms with Gasteiger partial charge in [0.25, 0.3) is 5.91 Å². The highest BCUT2D eigenvalue weighted by Crippen LogP contribution is 2.23. The SMILES string of the molecule is CCn1cc(CN2CCN(C(=O)c3cc(-c4ccc(OC(F)F)cc4)n[nH]3)CC2)c(C)n1. The molecular weight excluding hydrogens is 418 g/mol. The van der Waals surface area contributed by atoms with E-state index in [0.717, 1.165) is 31.9 Å². The molecule has 8 nitrogen and oxygen atoms in total. The number of nitrogens with one attached hydrogen (secondary N) is 1. The van der Waals surface area contributed by atoms with Crippen molar-refractivity contribution in [2.45, 2.75) is 33.5 Å². The number of benzene rings is 1. The third-order valence-electron chi connectivity index (χ3n) is 5.61. The van der Waals surface area contributed by atoms with Crippen LogP contribution in [-0.2, 0) is 13.1 Å². The lowest BCUT2D eigenvalue weighted by Crippen LogP contribution is -2.48. The highest BCUT2D eigenvalue weighted by Gasteiger charge is 2.24. The first-order chi connectivity index (χ1) is 15.4. The Labute approximate surface area is 184 Å². The topological polar surface area (TPSA) is 79.3 Å². The number of H-pyrrole nitrogens is 1. The number of aromatic amines is 1. The Morgan fingerprint density at radius 3 is 2.53 bits per heavy atom. The standard InChI is InChI=1S/C22H26F2N6O2/c1-3-30-14-17(15(2)27-30)13-28-8-10-29(11-9-28)21(31)20-12-19(25-26-20)16-4-6-18(7-5-16)32-22(23)24/h4-7,12,14,22H,3,8-11,13H2,1-2H3,(H,25,26). The van der Waals surface area contributed by atoms with Gasteiger partial charge in [0.05, 0.1) is 11.4 Å². The molecule has 4 rings (SSSR count). The van der Waals surface area contributed by atoms with E-state index in [1.165, 1.54) is 17.7 Å². The van der Waals surface area contributed by atoms with Crippen LogP contribution in [0.1, 0.15) is 28.7 Å². The molecule has 0 radical (unpaired) electrons. The molecule has 3 heterocycles. The van der Waals surface area contributed by atoms with Crippen molar-refractivity contribution >= 4 is 5.91 Å². The molecule has 0 saturated carbocycles. The summed E-state index contributed by atoms with van der Waals surface area (Å²) >= 11 is 0. The van der Waals surface area contributed by atoms with E-state index >= 15 is 0 Å². The number of carbonyl (C=O) groups is 1. The molecule has 3 aromatic rings. The number of carbonyl (C=O) groups excluding carboxylic acids is 1. The number of alkyl halides is 2. The Kier molecular flexibility index (Phi) is 6.50. The zero-order valence-corrected chi connectivity index (χ0v) is 18.1. The second kappa shape index (κ2) is 9.47. The number of amides is 1. The minimum atomic E-state index is -2.87. The van der Waals surface area contributed by atoms with Crippen LogP contribution in [-0.4, -0.2) is 68.5 Å². The molecule has 0 spiro atoms. The zero-order valence-electron chi connectivity index (χ0n) is 18.1. The van der Waals surface area contributed by atoms with Crippen molar-refractivity contribution in [1.29, 1.82) is 0 Å². The number of hydrogen-bond acceptors (Lipinski definition) is 5. The van der Waals surface area contributed by atoms with Gasteiger partial charge < -0.3 is 9.64 Å². The molecule has 0 aliphatic carbocycles. The zero-order chi connectivity index (χ0) is 22.7. The summed E-state index contributed by atoms with van der Waals surface area (Å²) in [5.74, 6) is -0.0262. The second-order valence-electron chi connectivity index (χ2n) is 7.73. The van der Waals surface area contributed by atoms with E-state index in [-0.39, 0.29) is 11.7 Å². The van der Waals surface area contributed by atoms with Crippen LogP contribution in [0.4, 0.5) is 8.78 Å². The third-order valence-corrected chi connectivity index (χ3v) is 5.61. The van der Waals surface area contributed by atoms with Crippen molar-refractivity contribution < 1.29 is 18.3 Å². The summed E-state index contributed by atoms with van der Waals surface area (Å²) in [5.41, 5.74) is 3.94. The van der Waals surface area contributed by atoms with Gasteiger partial charge >= 0.3 is 6.61 Å². The monoisotopic (exact) mass is 444 g/mol. The molecular formula is C22H26F2N6O2. The molecule has 1 aliphatic rings. The summed E-state index contributed by atoms with van der Waals surface area (Å²) in [6.45, 7) is 5.74. The molecule has 2 aromatic heterocycles. The van der Waals surface area contributed by atoms with Gasteiger partial charge in [-0.05, 0) is 44.2 Å². The average Bonchev–Trinajstić information content (AvgIpc) is 3.41. The highest BCUT2D eigenvalue weighted by atomic mass is 19.3. The van der Waals surface area contributed by atoms with Crippen molar-refractivity contribution in [3.63, 3.8) is 0 Å². The number of hydrogen-bond donors (Lipinski definition) is 1. The maximum atomic E-state index is 12.9. The Morgan fingerprint density at radius 2 is 1.91 bits per heavy atom. The number of piperazine rings is 1. The first-order valence-electron chi connectivity index (χ1n) is 10.6. The molecule has 0 unspecified atom stereocenters. The van der Waals surface area contributed by atoms with Crippen LogP contribution < -0.4 is 4.74 Å². The van der Waals surface area contributed by atoms with Crippen LogP contribution in [0.5, 0.6) is 5.75 Å². The summed E-state index contributed by atoms with van der Waals surface area (Å²) < 4.78 is 30.9. The minimum absolute atomic E-state index is 0.0747. The molecule has 0 atom stereocenters. The van der Waals surface area contributed by atoms with E-state index in [4.69, 9.17) is 0 Å². The molecule has 1 fully saturated rings. The van der Waals surface area contributed by atoms with Crippen molar-refractivity contribution in [3.8, 4) is 17.0 Å². The largest absolute Gasteiger partial charge is 0.435 e. The van der Waals surface area contributed by atoms with Crippen LogP contribution in [0.3, 0.4) is 0 Å². The molecule has 1 saturated heterocycles. The summed E-state index contributed by atoms with van der Waals surface area (Å²) in [4.78, 5) is 17.0. The third kappa shape index (κ3) is 4.96. The molecule has 32 heavy (non-hydrogen) atoms. The van der Waals surface area contributed by atoms with E-state index in [9.17, 15) is 13.6 Å². The lowest BCUT2D eigenvalue weighted by Gasteiger charge is -2.34. The fourth-order valence-corrected chi connectivity index (χ4v) is 3.78. The quantitative estimate of drug-likeness (QED) is 0.606. The van der Waals surface area contributed by atoms with E-state index in [0.29, 0.717) is 30.0 Å². The highest BCUT2D eigenvalue weighted by molar-refractivity contribution is 5.93. The lowest BCUT2D eigenvalue weighted by atomic mass is 10.1. The summed E-state index contributed by atoms with van der Waals surface area (Å²) in [7, 11) is 0. The Bertz CT molecular complexity index is 1050. The van der Waals surface area contributed by atoms with Crippen molar-refractivity contribution in [2.75, 3.05) is 26.2 Å².